The molecule has 2 heterocycles. The summed E-state index contributed by atoms with van der Waals surface area (Å²) in [6.07, 6.45) is -0.398. The van der Waals surface area contributed by atoms with Gasteiger partial charge >= 0.3 is 6.09 Å². The lowest BCUT2D eigenvalue weighted by molar-refractivity contribution is 0.131. The fraction of sp³-hybridized carbons (Fsp3) is 0.562. The van der Waals surface area contributed by atoms with Crippen molar-refractivity contribution in [3.05, 3.63) is 27.7 Å². The standard InChI is InChI=1S/C16H19Cl2NO4/c1-16(2)14(23-16)10-6-8(7-19(10)15(20)21)12-11(22-3)5-4-9(17)13(12)18/h4-5,8,10,14H,6-7H2,1-3H3,(H,20,21)/t8-,10-,14?/m0/s1. The van der Waals surface area contributed by atoms with Gasteiger partial charge in [0.05, 0.1) is 28.8 Å². The fourth-order valence-electron chi connectivity index (χ4n) is 3.52. The molecule has 1 aromatic rings. The Morgan fingerprint density at radius 2 is 2.09 bits per heavy atom. The van der Waals surface area contributed by atoms with Crippen molar-refractivity contribution >= 4 is 29.3 Å². The van der Waals surface area contributed by atoms with E-state index in [1.807, 2.05) is 13.8 Å². The second kappa shape index (κ2) is 5.72. The number of epoxide rings is 1. The number of hydrogen-bond acceptors (Lipinski definition) is 3. The molecule has 1 unspecified atom stereocenters. The Morgan fingerprint density at radius 1 is 1.43 bits per heavy atom. The maximum Gasteiger partial charge on any atom is 0.407 e. The zero-order valence-electron chi connectivity index (χ0n) is 13.2. The number of methoxy groups -OCH3 is 1. The van der Waals surface area contributed by atoms with E-state index in [1.54, 1.807) is 19.2 Å². The summed E-state index contributed by atoms with van der Waals surface area (Å²) < 4.78 is 11.1. The Kier molecular flexibility index (Phi) is 4.15. The molecule has 7 heteroatoms. The molecule has 2 aliphatic heterocycles. The summed E-state index contributed by atoms with van der Waals surface area (Å²) in [4.78, 5) is 13.1. The molecule has 0 aliphatic carbocycles. The van der Waals surface area contributed by atoms with Crippen LogP contribution in [0.25, 0.3) is 0 Å². The number of rotatable bonds is 3. The summed E-state index contributed by atoms with van der Waals surface area (Å²) in [7, 11) is 1.57. The largest absolute Gasteiger partial charge is 0.496 e. The predicted octanol–water partition coefficient (Wildman–Crippen LogP) is 4.02. The van der Waals surface area contributed by atoms with Gasteiger partial charge in [0.2, 0.25) is 0 Å². The average molecular weight is 360 g/mol. The normalized spacial score (nSPS) is 28.7. The Balaban J connectivity index is 1.94. The number of amides is 1. The molecule has 0 aromatic heterocycles. The van der Waals surface area contributed by atoms with Crippen molar-refractivity contribution in [1.82, 2.24) is 4.90 Å². The van der Waals surface area contributed by atoms with Gasteiger partial charge < -0.3 is 19.5 Å². The minimum atomic E-state index is -0.944. The van der Waals surface area contributed by atoms with Gasteiger partial charge in [-0.25, -0.2) is 4.79 Å². The molecule has 1 N–H and O–H groups in total. The first-order chi connectivity index (χ1) is 10.8. The van der Waals surface area contributed by atoms with Crippen LogP contribution in [0.1, 0.15) is 31.7 Å². The first kappa shape index (κ1) is 16.7. The third-order valence-corrected chi connectivity index (χ3v) is 5.54. The summed E-state index contributed by atoms with van der Waals surface area (Å²) in [5.74, 6) is 0.559. The van der Waals surface area contributed by atoms with Crippen LogP contribution in [-0.4, -0.2) is 47.5 Å². The lowest BCUT2D eigenvalue weighted by Crippen LogP contribution is -2.39. The monoisotopic (exact) mass is 359 g/mol. The van der Waals surface area contributed by atoms with Gasteiger partial charge in [0, 0.05) is 18.0 Å². The molecule has 0 spiro atoms. The number of benzene rings is 1. The minimum absolute atomic E-state index is 0.0720. The van der Waals surface area contributed by atoms with Crippen LogP contribution >= 0.6 is 23.2 Å². The van der Waals surface area contributed by atoms with Crippen molar-refractivity contribution in [2.45, 2.75) is 43.9 Å². The fourth-order valence-corrected chi connectivity index (χ4v) is 4.00. The molecule has 0 bridgehead atoms. The van der Waals surface area contributed by atoms with Crippen molar-refractivity contribution in [3.63, 3.8) is 0 Å². The quantitative estimate of drug-likeness (QED) is 0.828. The second-order valence-electron chi connectivity index (χ2n) is 6.55. The molecule has 1 aromatic carbocycles. The summed E-state index contributed by atoms with van der Waals surface area (Å²) in [6.45, 7) is 4.29. The van der Waals surface area contributed by atoms with E-state index < -0.39 is 6.09 Å². The maximum atomic E-state index is 11.6. The number of nitrogens with zero attached hydrogens (tertiary/aromatic N) is 1. The molecule has 2 aliphatic rings. The molecule has 23 heavy (non-hydrogen) atoms. The van der Waals surface area contributed by atoms with E-state index in [9.17, 15) is 9.90 Å². The molecule has 126 valence electrons. The highest BCUT2D eigenvalue weighted by Crippen LogP contribution is 2.49. The van der Waals surface area contributed by atoms with Crippen LogP contribution in [0.15, 0.2) is 12.1 Å². The van der Waals surface area contributed by atoms with Crippen molar-refractivity contribution in [3.8, 4) is 5.75 Å². The molecule has 2 saturated heterocycles. The number of likely N-dealkylation sites (tertiary alicyclic amines) is 1. The number of ether oxygens (including phenoxy) is 2. The molecule has 1 amide bonds. The zero-order chi connectivity index (χ0) is 16.9. The van der Waals surface area contributed by atoms with Gasteiger partial charge in [0.25, 0.3) is 0 Å². The van der Waals surface area contributed by atoms with Gasteiger partial charge in [-0.3, -0.25) is 0 Å². The highest BCUT2D eigenvalue weighted by atomic mass is 35.5. The molecule has 0 saturated carbocycles. The van der Waals surface area contributed by atoms with Gasteiger partial charge in [-0.1, -0.05) is 23.2 Å². The smallest absolute Gasteiger partial charge is 0.407 e. The van der Waals surface area contributed by atoms with Crippen LogP contribution in [0, 0.1) is 0 Å². The predicted molar refractivity (Wildman–Crippen MR) is 87.8 cm³/mol. The van der Waals surface area contributed by atoms with Crippen LogP contribution in [0.2, 0.25) is 10.0 Å². The van der Waals surface area contributed by atoms with Crippen molar-refractivity contribution in [2.24, 2.45) is 0 Å². The molecular weight excluding hydrogens is 341 g/mol. The van der Waals surface area contributed by atoms with Gasteiger partial charge in [-0.2, -0.15) is 0 Å². The van der Waals surface area contributed by atoms with Crippen molar-refractivity contribution in [1.29, 1.82) is 0 Å². The van der Waals surface area contributed by atoms with E-state index in [1.165, 1.54) is 4.90 Å². The summed E-state index contributed by atoms with van der Waals surface area (Å²) in [6, 6.07) is 3.26. The molecule has 3 atom stereocenters. The van der Waals surface area contributed by atoms with Crippen LogP contribution < -0.4 is 4.74 Å². The van der Waals surface area contributed by atoms with E-state index in [0.717, 1.165) is 5.56 Å². The van der Waals surface area contributed by atoms with Crippen LogP contribution in [-0.2, 0) is 4.74 Å². The maximum absolute atomic E-state index is 11.6. The Labute approximate surface area is 145 Å². The SMILES string of the molecule is COc1ccc(Cl)c(Cl)c1[C@H]1C[C@@H](C2OC2(C)C)N(C(=O)O)C1. The van der Waals surface area contributed by atoms with Crippen LogP contribution in [0.5, 0.6) is 5.75 Å². The number of halogens is 2. The highest BCUT2D eigenvalue weighted by molar-refractivity contribution is 6.42. The lowest BCUT2D eigenvalue weighted by atomic mass is 9.92. The zero-order valence-corrected chi connectivity index (χ0v) is 14.7. The van der Waals surface area contributed by atoms with E-state index in [2.05, 4.69) is 0 Å². The van der Waals surface area contributed by atoms with Gasteiger partial charge in [-0.15, -0.1) is 0 Å². The van der Waals surface area contributed by atoms with E-state index >= 15 is 0 Å². The first-order valence-electron chi connectivity index (χ1n) is 7.45. The van der Waals surface area contributed by atoms with E-state index in [-0.39, 0.29) is 23.7 Å². The Morgan fingerprint density at radius 3 is 2.61 bits per heavy atom. The van der Waals surface area contributed by atoms with Gasteiger partial charge in [-0.05, 0) is 32.4 Å². The third kappa shape index (κ3) is 2.86. The highest BCUT2D eigenvalue weighted by Gasteiger charge is 2.57. The average Bonchev–Trinajstić information content (AvgIpc) is 2.94. The van der Waals surface area contributed by atoms with E-state index in [0.29, 0.717) is 28.8 Å². The number of carbonyl (C=O) groups is 1. The number of carboxylic acid groups (broad SMARTS) is 1. The molecule has 2 fully saturated rings. The second-order valence-corrected chi connectivity index (χ2v) is 7.34. The van der Waals surface area contributed by atoms with Crippen molar-refractivity contribution < 1.29 is 19.4 Å². The Hall–Kier alpha value is -1.17. The van der Waals surface area contributed by atoms with Crippen molar-refractivity contribution in [2.75, 3.05) is 13.7 Å². The number of hydrogen-bond donors (Lipinski definition) is 1. The molecule has 5 nitrogen and oxygen atoms in total. The van der Waals surface area contributed by atoms with E-state index in [4.69, 9.17) is 32.7 Å². The third-order valence-electron chi connectivity index (χ3n) is 4.72. The lowest BCUT2D eigenvalue weighted by Gasteiger charge is -2.20. The van der Waals surface area contributed by atoms with Gasteiger partial charge in [0.1, 0.15) is 11.9 Å². The first-order valence-corrected chi connectivity index (χ1v) is 8.21. The minimum Gasteiger partial charge on any atom is -0.496 e. The topological polar surface area (TPSA) is 62.3 Å². The van der Waals surface area contributed by atoms with Crippen LogP contribution in [0.3, 0.4) is 0 Å². The van der Waals surface area contributed by atoms with Gasteiger partial charge in [0.15, 0.2) is 0 Å². The molecule has 3 rings (SSSR count). The summed E-state index contributed by atoms with van der Waals surface area (Å²) in [5.41, 5.74) is 0.490. The molecular formula is C16H19Cl2NO4. The van der Waals surface area contributed by atoms with Crippen LogP contribution in [0.4, 0.5) is 4.79 Å². The summed E-state index contributed by atoms with van der Waals surface area (Å²) in [5, 5.41) is 10.4. The Bertz CT molecular complexity index is 649. The molecule has 0 radical (unpaired) electrons. The summed E-state index contributed by atoms with van der Waals surface area (Å²) >= 11 is 12.5.